The summed E-state index contributed by atoms with van der Waals surface area (Å²) in [6.45, 7) is 3.42. The van der Waals surface area contributed by atoms with Crippen LogP contribution >= 0.6 is 27.3 Å². The van der Waals surface area contributed by atoms with Crippen molar-refractivity contribution in [2.75, 3.05) is 38.2 Å². The van der Waals surface area contributed by atoms with Crippen molar-refractivity contribution < 1.29 is 17.6 Å². The highest BCUT2D eigenvalue weighted by atomic mass is 79.9. The fourth-order valence-corrected chi connectivity index (χ4v) is 6.40. The van der Waals surface area contributed by atoms with Crippen LogP contribution in [0.15, 0.2) is 90.9 Å². The van der Waals surface area contributed by atoms with Gasteiger partial charge >= 0.3 is 0 Å². The zero-order chi connectivity index (χ0) is 24.3. The summed E-state index contributed by atoms with van der Waals surface area (Å²) in [5.41, 5.74) is 0.704. The summed E-state index contributed by atoms with van der Waals surface area (Å²) in [6.07, 6.45) is 0. The van der Waals surface area contributed by atoms with E-state index in [1.54, 1.807) is 35.6 Å². The lowest BCUT2D eigenvalue weighted by Gasteiger charge is -2.34. The SMILES string of the molecule is O=S(=O)(c1ccc(Br)cc1)c1nc(-c2ccccc2)oc1NCC(c1cccs1)N1CCOCC1. The van der Waals surface area contributed by atoms with Crippen LogP contribution in [0, 0.1) is 0 Å². The standard InChI is InChI=1S/C25H24BrN3O4S2/c26-19-8-10-20(11-9-19)35(30,31)25-24(33-23(28-25)18-5-2-1-3-6-18)27-17-21(22-7-4-16-34-22)29-12-14-32-15-13-29/h1-11,16,21,27H,12-15,17H2. The summed E-state index contributed by atoms with van der Waals surface area (Å²) in [6, 6.07) is 20.0. The van der Waals surface area contributed by atoms with E-state index in [2.05, 4.69) is 37.2 Å². The summed E-state index contributed by atoms with van der Waals surface area (Å²) in [5, 5.41) is 5.21. The van der Waals surface area contributed by atoms with Crippen LogP contribution < -0.4 is 5.32 Å². The number of rotatable bonds is 8. The van der Waals surface area contributed by atoms with Gasteiger partial charge in [-0.2, -0.15) is 4.98 Å². The minimum Gasteiger partial charge on any atom is -0.419 e. The zero-order valence-electron chi connectivity index (χ0n) is 18.8. The maximum Gasteiger partial charge on any atom is 0.233 e. The van der Waals surface area contributed by atoms with Gasteiger partial charge in [0.15, 0.2) is 0 Å². The molecule has 7 nitrogen and oxygen atoms in total. The minimum atomic E-state index is -3.92. The predicted molar refractivity (Wildman–Crippen MR) is 139 cm³/mol. The highest BCUT2D eigenvalue weighted by Gasteiger charge is 2.30. The van der Waals surface area contributed by atoms with Crippen LogP contribution in [0.2, 0.25) is 0 Å². The molecule has 5 rings (SSSR count). The molecule has 0 saturated carbocycles. The Labute approximate surface area is 216 Å². The number of halogens is 1. The molecule has 10 heteroatoms. The number of benzene rings is 2. The number of nitrogens with zero attached hydrogens (tertiary/aromatic N) is 2. The summed E-state index contributed by atoms with van der Waals surface area (Å²) >= 11 is 5.04. The molecule has 1 N–H and O–H groups in total. The maximum absolute atomic E-state index is 13.6. The molecule has 1 aliphatic heterocycles. The summed E-state index contributed by atoms with van der Waals surface area (Å²) < 4.78 is 39.5. The van der Waals surface area contributed by atoms with E-state index < -0.39 is 9.84 Å². The largest absolute Gasteiger partial charge is 0.419 e. The number of oxazole rings is 1. The molecule has 0 aliphatic carbocycles. The van der Waals surface area contributed by atoms with Crippen LogP contribution in [-0.2, 0) is 14.6 Å². The van der Waals surface area contributed by atoms with E-state index >= 15 is 0 Å². The fraction of sp³-hybridized carbons (Fsp3) is 0.240. The Morgan fingerprint density at radius 2 is 1.77 bits per heavy atom. The van der Waals surface area contributed by atoms with Crippen LogP contribution in [0.1, 0.15) is 10.9 Å². The van der Waals surface area contributed by atoms with Crippen LogP contribution in [0.3, 0.4) is 0 Å². The third-order valence-electron chi connectivity index (χ3n) is 5.81. The monoisotopic (exact) mass is 573 g/mol. The topological polar surface area (TPSA) is 84.7 Å². The van der Waals surface area contributed by atoms with Gasteiger partial charge in [-0.15, -0.1) is 11.3 Å². The lowest BCUT2D eigenvalue weighted by molar-refractivity contribution is 0.0193. The Balaban J connectivity index is 1.50. The van der Waals surface area contributed by atoms with Gasteiger partial charge in [0.1, 0.15) is 0 Å². The molecule has 4 aromatic rings. The van der Waals surface area contributed by atoms with Crippen molar-refractivity contribution >= 4 is 43.0 Å². The second-order valence-corrected chi connectivity index (χ2v) is 11.8. The molecule has 1 saturated heterocycles. The van der Waals surface area contributed by atoms with E-state index in [0.717, 1.165) is 17.6 Å². The minimum absolute atomic E-state index is 0.0485. The number of hydrogen-bond donors (Lipinski definition) is 1. The molecule has 0 spiro atoms. The van der Waals surface area contributed by atoms with Crippen molar-refractivity contribution in [3.63, 3.8) is 0 Å². The van der Waals surface area contributed by atoms with E-state index in [1.807, 2.05) is 41.8 Å². The van der Waals surface area contributed by atoms with Crippen molar-refractivity contribution in [1.29, 1.82) is 0 Å². The number of thiophene rings is 1. The van der Waals surface area contributed by atoms with Gasteiger partial charge in [-0.3, -0.25) is 4.90 Å². The Hall–Kier alpha value is -2.50. The van der Waals surface area contributed by atoms with Gasteiger partial charge < -0.3 is 14.5 Å². The first kappa shape index (κ1) is 24.2. The maximum atomic E-state index is 13.6. The van der Waals surface area contributed by atoms with Crippen molar-refractivity contribution in [1.82, 2.24) is 9.88 Å². The van der Waals surface area contributed by atoms with Crippen molar-refractivity contribution in [3.8, 4) is 11.5 Å². The van der Waals surface area contributed by atoms with E-state index in [0.29, 0.717) is 25.3 Å². The van der Waals surface area contributed by atoms with Crippen LogP contribution in [0.4, 0.5) is 5.88 Å². The quantitative estimate of drug-likeness (QED) is 0.298. The molecule has 0 radical (unpaired) electrons. The predicted octanol–water partition coefficient (Wildman–Crippen LogP) is 5.48. The molecule has 0 amide bonds. The first-order chi connectivity index (χ1) is 17.0. The van der Waals surface area contributed by atoms with E-state index in [1.165, 1.54) is 4.88 Å². The molecule has 2 aromatic heterocycles. The van der Waals surface area contributed by atoms with E-state index in [9.17, 15) is 8.42 Å². The number of sulfone groups is 1. The smallest absolute Gasteiger partial charge is 0.233 e. The van der Waals surface area contributed by atoms with E-state index in [-0.39, 0.29) is 27.7 Å². The lowest BCUT2D eigenvalue weighted by atomic mass is 10.2. The number of ether oxygens (including phenoxy) is 1. The van der Waals surface area contributed by atoms with Crippen molar-refractivity contribution in [2.45, 2.75) is 16.0 Å². The Bertz CT molecular complexity index is 1350. The Morgan fingerprint density at radius 3 is 2.46 bits per heavy atom. The first-order valence-corrected chi connectivity index (χ1v) is 14.3. The van der Waals surface area contributed by atoms with Crippen LogP contribution in [0.25, 0.3) is 11.5 Å². The average Bonchev–Trinajstić information content (AvgIpc) is 3.57. The molecule has 1 fully saturated rings. The Kier molecular flexibility index (Phi) is 7.35. The van der Waals surface area contributed by atoms with E-state index in [4.69, 9.17) is 9.15 Å². The molecule has 1 unspecified atom stereocenters. The second kappa shape index (κ2) is 10.6. The summed E-state index contributed by atoms with van der Waals surface area (Å²) in [7, 11) is -3.92. The molecular formula is C25H24BrN3O4S2. The van der Waals surface area contributed by atoms with Crippen molar-refractivity contribution in [2.24, 2.45) is 0 Å². The van der Waals surface area contributed by atoms with Gasteiger partial charge in [-0.25, -0.2) is 8.42 Å². The molecule has 0 bridgehead atoms. The number of anilines is 1. The number of aromatic nitrogens is 1. The molecular weight excluding hydrogens is 550 g/mol. The van der Waals surface area contributed by atoms with Gasteiger partial charge in [-0.05, 0) is 47.8 Å². The van der Waals surface area contributed by atoms with Crippen LogP contribution in [-0.4, -0.2) is 51.1 Å². The third-order valence-corrected chi connectivity index (χ3v) is 8.99. The summed E-state index contributed by atoms with van der Waals surface area (Å²) in [4.78, 5) is 8.14. The van der Waals surface area contributed by atoms with Gasteiger partial charge in [-0.1, -0.05) is 40.2 Å². The van der Waals surface area contributed by atoms with Gasteiger partial charge in [0, 0.05) is 34.5 Å². The number of nitrogens with one attached hydrogen (secondary N) is 1. The lowest BCUT2D eigenvalue weighted by Crippen LogP contribution is -2.41. The fourth-order valence-electron chi connectivity index (χ4n) is 4.00. The van der Waals surface area contributed by atoms with Crippen LogP contribution in [0.5, 0.6) is 0 Å². The molecule has 1 aliphatic rings. The molecule has 1 atom stereocenters. The average molecular weight is 575 g/mol. The Morgan fingerprint density at radius 1 is 1.03 bits per heavy atom. The summed E-state index contributed by atoms with van der Waals surface area (Å²) in [5.74, 6) is 0.393. The van der Waals surface area contributed by atoms with Gasteiger partial charge in [0.2, 0.25) is 26.6 Å². The third kappa shape index (κ3) is 5.36. The van der Waals surface area contributed by atoms with Gasteiger partial charge in [0.25, 0.3) is 0 Å². The van der Waals surface area contributed by atoms with Crippen molar-refractivity contribution in [3.05, 3.63) is 81.5 Å². The highest BCUT2D eigenvalue weighted by molar-refractivity contribution is 9.10. The molecule has 2 aromatic carbocycles. The molecule has 35 heavy (non-hydrogen) atoms. The zero-order valence-corrected chi connectivity index (χ0v) is 22.0. The normalized spacial score (nSPS) is 15.7. The highest BCUT2D eigenvalue weighted by Crippen LogP contribution is 2.34. The first-order valence-electron chi connectivity index (χ1n) is 11.2. The van der Waals surface area contributed by atoms with Gasteiger partial charge in [0.05, 0.1) is 24.2 Å². The number of hydrogen-bond acceptors (Lipinski definition) is 8. The number of morpholine rings is 1. The second-order valence-electron chi connectivity index (χ2n) is 8.04. The molecule has 3 heterocycles. The molecule has 182 valence electrons.